The first-order chi connectivity index (χ1) is 11.3. The summed E-state index contributed by atoms with van der Waals surface area (Å²) in [6.45, 7) is 6.12. The average Bonchev–Trinajstić information content (AvgIpc) is 3.01. The Hall–Kier alpha value is -2.12. The number of nitrogens with zero attached hydrogens (tertiary/aromatic N) is 4. The van der Waals surface area contributed by atoms with Crippen molar-refractivity contribution in [1.82, 2.24) is 19.6 Å². The second kappa shape index (κ2) is 7.94. The topological polar surface area (TPSA) is 80.2 Å². The highest BCUT2D eigenvalue weighted by atomic mass is 16.5. The summed E-state index contributed by atoms with van der Waals surface area (Å²) in [7, 11) is 0. The number of rotatable bonds is 6. The molecule has 1 fully saturated rings. The summed E-state index contributed by atoms with van der Waals surface area (Å²) in [4.78, 5) is 11.3. The van der Waals surface area contributed by atoms with E-state index in [4.69, 9.17) is 10.5 Å². The molecule has 0 amide bonds. The molecule has 0 aliphatic carbocycles. The fourth-order valence-corrected chi connectivity index (χ4v) is 2.63. The van der Waals surface area contributed by atoms with Crippen LogP contribution in [0.25, 0.3) is 5.65 Å². The summed E-state index contributed by atoms with van der Waals surface area (Å²) < 4.78 is 7.32. The lowest BCUT2D eigenvalue weighted by molar-refractivity contribution is 0.0376. The van der Waals surface area contributed by atoms with Crippen molar-refractivity contribution in [3.05, 3.63) is 36.3 Å². The number of ether oxygens (including phenoxy) is 1. The zero-order chi connectivity index (χ0) is 15.9. The Balaban J connectivity index is 1.39. The fraction of sp³-hybridized carbons (Fsp3) is 0.500. The lowest BCUT2D eigenvalue weighted by Gasteiger charge is -2.26. The van der Waals surface area contributed by atoms with Crippen molar-refractivity contribution in [2.24, 2.45) is 10.7 Å². The van der Waals surface area contributed by atoms with Gasteiger partial charge in [0.05, 0.1) is 25.5 Å². The molecule has 0 radical (unpaired) electrons. The van der Waals surface area contributed by atoms with Crippen molar-refractivity contribution in [1.29, 1.82) is 0 Å². The van der Waals surface area contributed by atoms with Gasteiger partial charge >= 0.3 is 0 Å². The van der Waals surface area contributed by atoms with Crippen LogP contribution in [0.4, 0.5) is 0 Å². The van der Waals surface area contributed by atoms with E-state index in [1.807, 2.05) is 35.0 Å². The number of nitrogens with two attached hydrogens (primary N) is 1. The van der Waals surface area contributed by atoms with Gasteiger partial charge in [0.25, 0.3) is 0 Å². The van der Waals surface area contributed by atoms with E-state index < -0.39 is 0 Å². The predicted molar refractivity (Wildman–Crippen MR) is 90.4 cm³/mol. The van der Waals surface area contributed by atoms with Gasteiger partial charge in [-0.05, 0) is 25.1 Å². The van der Waals surface area contributed by atoms with Gasteiger partial charge in [0.2, 0.25) is 0 Å². The molecule has 2 aromatic rings. The second-order valence-electron chi connectivity index (χ2n) is 5.63. The minimum Gasteiger partial charge on any atom is -0.379 e. The van der Waals surface area contributed by atoms with Gasteiger partial charge in [0.15, 0.2) is 5.96 Å². The molecular formula is C16H24N6O. The van der Waals surface area contributed by atoms with Crippen molar-refractivity contribution in [3.63, 3.8) is 0 Å². The van der Waals surface area contributed by atoms with E-state index in [2.05, 4.69) is 20.2 Å². The highest BCUT2D eigenvalue weighted by Gasteiger charge is 2.09. The number of aliphatic imine (C=N–C) groups is 1. The van der Waals surface area contributed by atoms with Crippen molar-refractivity contribution >= 4 is 11.6 Å². The van der Waals surface area contributed by atoms with Crippen molar-refractivity contribution in [2.45, 2.75) is 13.0 Å². The SMILES string of the molecule is NC(=NCc1cn2ccccc2n1)NCCCN1CCOCC1. The van der Waals surface area contributed by atoms with Crippen LogP contribution in [0.2, 0.25) is 0 Å². The molecule has 1 aliphatic rings. The van der Waals surface area contributed by atoms with Crippen LogP contribution in [0, 0.1) is 0 Å². The minimum absolute atomic E-state index is 0.476. The normalized spacial score (nSPS) is 16.8. The number of nitrogens with one attached hydrogen (secondary N) is 1. The van der Waals surface area contributed by atoms with Crippen LogP contribution in [0.1, 0.15) is 12.1 Å². The highest BCUT2D eigenvalue weighted by Crippen LogP contribution is 2.05. The molecule has 124 valence electrons. The van der Waals surface area contributed by atoms with E-state index in [1.165, 1.54) is 0 Å². The Labute approximate surface area is 136 Å². The Kier molecular flexibility index (Phi) is 5.44. The number of fused-ring (bicyclic) bond motifs is 1. The molecule has 3 rings (SSSR count). The molecular weight excluding hydrogens is 292 g/mol. The Morgan fingerprint density at radius 3 is 3.04 bits per heavy atom. The van der Waals surface area contributed by atoms with Crippen LogP contribution in [0.15, 0.2) is 35.6 Å². The Morgan fingerprint density at radius 1 is 1.35 bits per heavy atom. The smallest absolute Gasteiger partial charge is 0.188 e. The predicted octanol–water partition coefficient (Wildman–Crippen LogP) is 0.461. The minimum atomic E-state index is 0.476. The average molecular weight is 316 g/mol. The van der Waals surface area contributed by atoms with Gasteiger partial charge in [-0.3, -0.25) is 4.90 Å². The first kappa shape index (κ1) is 15.8. The fourth-order valence-electron chi connectivity index (χ4n) is 2.63. The molecule has 0 atom stereocenters. The first-order valence-electron chi connectivity index (χ1n) is 8.08. The second-order valence-corrected chi connectivity index (χ2v) is 5.63. The third-order valence-corrected chi connectivity index (χ3v) is 3.89. The Morgan fingerprint density at radius 2 is 2.22 bits per heavy atom. The van der Waals surface area contributed by atoms with Gasteiger partial charge in [0, 0.05) is 32.0 Å². The molecule has 23 heavy (non-hydrogen) atoms. The van der Waals surface area contributed by atoms with Crippen molar-refractivity contribution < 1.29 is 4.74 Å². The van der Waals surface area contributed by atoms with Gasteiger partial charge in [-0.2, -0.15) is 0 Å². The van der Waals surface area contributed by atoms with E-state index in [9.17, 15) is 0 Å². The van der Waals surface area contributed by atoms with Crippen LogP contribution in [0.5, 0.6) is 0 Å². The van der Waals surface area contributed by atoms with E-state index in [1.54, 1.807) is 0 Å². The monoisotopic (exact) mass is 316 g/mol. The number of guanidine groups is 1. The molecule has 3 heterocycles. The van der Waals surface area contributed by atoms with E-state index in [0.717, 1.165) is 57.2 Å². The number of imidazole rings is 1. The Bertz CT molecular complexity index is 614. The van der Waals surface area contributed by atoms with Crippen molar-refractivity contribution in [2.75, 3.05) is 39.4 Å². The molecule has 0 unspecified atom stereocenters. The number of hydrogen-bond acceptors (Lipinski definition) is 4. The molecule has 1 aliphatic heterocycles. The summed E-state index contributed by atoms with van der Waals surface area (Å²) in [6.07, 6.45) is 5.00. The summed E-state index contributed by atoms with van der Waals surface area (Å²) >= 11 is 0. The van der Waals surface area contributed by atoms with Crippen LogP contribution in [0.3, 0.4) is 0 Å². The standard InChI is InChI=1S/C16H24N6O/c17-16(18-5-3-6-21-8-10-23-11-9-21)19-12-14-13-22-7-2-1-4-15(22)20-14/h1-2,4,7,13H,3,5-6,8-12H2,(H3,17,18,19). The number of hydrogen-bond donors (Lipinski definition) is 2. The lowest BCUT2D eigenvalue weighted by Crippen LogP contribution is -2.39. The third-order valence-electron chi connectivity index (χ3n) is 3.89. The number of pyridine rings is 1. The summed E-state index contributed by atoms with van der Waals surface area (Å²) in [6, 6.07) is 5.92. The van der Waals surface area contributed by atoms with E-state index in [0.29, 0.717) is 12.5 Å². The molecule has 3 N–H and O–H groups in total. The summed E-state index contributed by atoms with van der Waals surface area (Å²) in [5.74, 6) is 0.476. The zero-order valence-corrected chi connectivity index (χ0v) is 13.3. The molecule has 0 saturated carbocycles. The number of aromatic nitrogens is 2. The van der Waals surface area contributed by atoms with Crippen molar-refractivity contribution in [3.8, 4) is 0 Å². The quantitative estimate of drug-likeness (QED) is 0.460. The summed E-state index contributed by atoms with van der Waals surface area (Å²) in [5, 5.41) is 3.16. The molecule has 2 aromatic heterocycles. The van der Waals surface area contributed by atoms with Crippen LogP contribution in [-0.4, -0.2) is 59.6 Å². The zero-order valence-electron chi connectivity index (χ0n) is 13.3. The van der Waals surface area contributed by atoms with E-state index in [-0.39, 0.29) is 0 Å². The van der Waals surface area contributed by atoms with Crippen LogP contribution >= 0.6 is 0 Å². The maximum absolute atomic E-state index is 5.91. The van der Waals surface area contributed by atoms with E-state index >= 15 is 0 Å². The number of morpholine rings is 1. The first-order valence-corrected chi connectivity index (χ1v) is 8.08. The molecule has 0 spiro atoms. The largest absolute Gasteiger partial charge is 0.379 e. The maximum atomic E-state index is 5.91. The van der Waals surface area contributed by atoms with Crippen LogP contribution in [-0.2, 0) is 11.3 Å². The van der Waals surface area contributed by atoms with Gasteiger partial charge in [-0.1, -0.05) is 6.07 Å². The van der Waals surface area contributed by atoms with Gasteiger partial charge in [0.1, 0.15) is 5.65 Å². The summed E-state index contributed by atoms with van der Waals surface area (Å²) in [5.41, 5.74) is 7.74. The van der Waals surface area contributed by atoms with Gasteiger partial charge in [-0.25, -0.2) is 9.98 Å². The highest BCUT2D eigenvalue weighted by molar-refractivity contribution is 5.77. The maximum Gasteiger partial charge on any atom is 0.188 e. The molecule has 0 aromatic carbocycles. The lowest BCUT2D eigenvalue weighted by atomic mass is 10.3. The molecule has 0 bridgehead atoms. The van der Waals surface area contributed by atoms with Crippen LogP contribution < -0.4 is 11.1 Å². The molecule has 7 nitrogen and oxygen atoms in total. The third kappa shape index (κ3) is 4.67. The van der Waals surface area contributed by atoms with Gasteiger partial charge in [-0.15, -0.1) is 0 Å². The molecule has 7 heteroatoms. The van der Waals surface area contributed by atoms with Gasteiger partial charge < -0.3 is 20.2 Å². The molecule has 1 saturated heterocycles.